The van der Waals surface area contributed by atoms with Crippen LogP contribution in [0.25, 0.3) is 0 Å². The lowest BCUT2D eigenvalue weighted by atomic mass is 10.1. The zero-order valence-electron chi connectivity index (χ0n) is 11.1. The summed E-state index contributed by atoms with van der Waals surface area (Å²) in [7, 11) is 0. The Bertz CT molecular complexity index is 412. The highest BCUT2D eigenvalue weighted by molar-refractivity contribution is 7.14. The van der Waals surface area contributed by atoms with Crippen LogP contribution in [0.15, 0.2) is 18.7 Å². The molecule has 0 aliphatic carbocycles. The Morgan fingerprint density at radius 2 is 2.33 bits per heavy atom. The molecule has 1 rings (SSSR count). The van der Waals surface area contributed by atoms with Crippen LogP contribution in [0.1, 0.15) is 33.5 Å². The predicted molar refractivity (Wildman–Crippen MR) is 76.2 cm³/mol. The molecule has 0 radical (unpaired) electrons. The Morgan fingerprint density at radius 3 is 2.89 bits per heavy atom. The monoisotopic (exact) mass is 267 g/mol. The molecule has 0 atom stereocenters. The number of rotatable bonds is 7. The van der Waals surface area contributed by atoms with Crippen molar-refractivity contribution in [2.75, 3.05) is 19.7 Å². The molecule has 0 aliphatic heterocycles. The Kier molecular flexibility index (Phi) is 6.09. The lowest BCUT2D eigenvalue weighted by Crippen LogP contribution is -2.33. The third-order valence-electron chi connectivity index (χ3n) is 2.76. The number of aliphatic hydroxyl groups is 1. The van der Waals surface area contributed by atoms with Crippen molar-refractivity contribution < 1.29 is 9.90 Å². The number of aliphatic hydroxyl groups excluding tert-OH is 1. The quantitative estimate of drug-likeness (QED) is 0.772. The third-order valence-corrected chi connectivity index (χ3v) is 3.84. The first-order valence-corrected chi connectivity index (χ1v) is 7.06. The smallest absolute Gasteiger partial charge is 0.264 e. The van der Waals surface area contributed by atoms with E-state index < -0.39 is 0 Å². The highest BCUT2D eigenvalue weighted by Gasteiger charge is 2.17. The maximum absolute atomic E-state index is 12.3. The van der Waals surface area contributed by atoms with Gasteiger partial charge in [-0.1, -0.05) is 19.4 Å². The van der Waals surface area contributed by atoms with Gasteiger partial charge in [-0.05, 0) is 25.0 Å². The van der Waals surface area contributed by atoms with Gasteiger partial charge in [0.25, 0.3) is 5.91 Å². The molecule has 0 aromatic carbocycles. The standard InChI is InChI=1S/C14H21NO2S/c1-4-6-12-10-13(18-11(12)3)14(17)15(7-5-2)8-9-16/h5,10,16H,2,4,6-9H2,1,3H3. The second kappa shape index (κ2) is 7.34. The average molecular weight is 267 g/mol. The van der Waals surface area contributed by atoms with Crippen LogP contribution in [0, 0.1) is 6.92 Å². The number of carbonyl (C=O) groups excluding carboxylic acids is 1. The summed E-state index contributed by atoms with van der Waals surface area (Å²) >= 11 is 1.54. The fourth-order valence-corrected chi connectivity index (χ4v) is 2.89. The van der Waals surface area contributed by atoms with Crippen LogP contribution in [-0.4, -0.2) is 35.6 Å². The van der Waals surface area contributed by atoms with Crippen molar-refractivity contribution in [2.24, 2.45) is 0 Å². The SMILES string of the molecule is C=CCN(CCO)C(=O)c1cc(CCC)c(C)s1. The topological polar surface area (TPSA) is 40.5 Å². The van der Waals surface area contributed by atoms with E-state index in [2.05, 4.69) is 20.4 Å². The first-order chi connectivity index (χ1) is 8.63. The molecule has 18 heavy (non-hydrogen) atoms. The highest BCUT2D eigenvalue weighted by atomic mass is 32.1. The number of hydrogen-bond donors (Lipinski definition) is 1. The lowest BCUT2D eigenvalue weighted by Gasteiger charge is -2.18. The molecule has 0 spiro atoms. The zero-order valence-corrected chi connectivity index (χ0v) is 11.9. The Morgan fingerprint density at radius 1 is 1.61 bits per heavy atom. The normalized spacial score (nSPS) is 10.4. The Labute approximate surface area is 113 Å². The maximum Gasteiger partial charge on any atom is 0.264 e. The third kappa shape index (κ3) is 3.68. The fourth-order valence-electron chi connectivity index (χ4n) is 1.85. The van der Waals surface area contributed by atoms with E-state index in [1.807, 2.05) is 6.07 Å². The summed E-state index contributed by atoms with van der Waals surface area (Å²) in [5.74, 6) is -0.0144. The van der Waals surface area contributed by atoms with Gasteiger partial charge in [0.1, 0.15) is 0 Å². The van der Waals surface area contributed by atoms with E-state index in [1.165, 1.54) is 21.8 Å². The molecule has 0 saturated heterocycles. The second-order valence-electron chi connectivity index (χ2n) is 4.21. The van der Waals surface area contributed by atoms with E-state index in [0.717, 1.165) is 17.7 Å². The van der Waals surface area contributed by atoms with Crippen LogP contribution >= 0.6 is 11.3 Å². The summed E-state index contributed by atoms with van der Waals surface area (Å²) in [5.41, 5.74) is 1.26. The minimum atomic E-state index is -0.0221. The number of amides is 1. The van der Waals surface area contributed by atoms with Gasteiger partial charge >= 0.3 is 0 Å². The first kappa shape index (κ1) is 14.9. The Hall–Kier alpha value is -1.13. The van der Waals surface area contributed by atoms with Crippen molar-refractivity contribution in [3.05, 3.63) is 34.0 Å². The number of thiophene rings is 1. The van der Waals surface area contributed by atoms with Crippen molar-refractivity contribution in [1.29, 1.82) is 0 Å². The molecule has 0 aliphatic rings. The molecule has 4 heteroatoms. The van der Waals surface area contributed by atoms with Crippen LogP contribution in [-0.2, 0) is 6.42 Å². The summed E-state index contributed by atoms with van der Waals surface area (Å²) in [6, 6.07) is 1.99. The van der Waals surface area contributed by atoms with Gasteiger partial charge in [-0.2, -0.15) is 0 Å². The minimum Gasteiger partial charge on any atom is -0.395 e. The van der Waals surface area contributed by atoms with Crippen molar-refractivity contribution in [2.45, 2.75) is 26.7 Å². The van der Waals surface area contributed by atoms with E-state index >= 15 is 0 Å². The average Bonchev–Trinajstić information content (AvgIpc) is 2.70. The minimum absolute atomic E-state index is 0.0144. The molecule has 1 aromatic heterocycles. The van der Waals surface area contributed by atoms with Gasteiger partial charge in [-0.15, -0.1) is 17.9 Å². The number of hydrogen-bond acceptors (Lipinski definition) is 3. The molecule has 1 amide bonds. The van der Waals surface area contributed by atoms with Gasteiger partial charge < -0.3 is 10.0 Å². The molecule has 100 valence electrons. The van der Waals surface area contributed by atoms with E-state index in [1.54, 1.807) is 11.0 Å². The van der Waals surface area contributed by atoms with Crippen molar-refractivity contribution in [1.82, 2.24) is 4.90 Å². The lowest BCUT2D eigenvalue weighted by molar-refractivity contribution is 0.0747. The molecule has 3 nitrogen and oxygen atoms in total. The van der Waals surface area contributed by atoms with E-state index in [0.29, 0.717) is 13.1 Å². The van der Waals surface area contributed by atoms with Crippen molar-refractivity contribution in [3.8, 4) is 0 Å². The summed E-state index contributed by atoms with van der Waals surface area (Å²) < 4.78 is 0. The molecule has 0 fully saturated rings. The Balaban J connectivity index is 2.86. The summed E-state index contributed by atoms with van der Waals surface area (Å²) in [6.07, 6.45) is 3.77. The van der Waals surface area contributed by atoms with Crippen LogP contribution < -0.4 is 0 Å². The number of aryl methyl sites for hydroxylation is 2. The summed E-state index contributed by atoms with van der Waals surface area (Å²) in [6.45, 7) is 8.63. The van der Waals surface area contributed by atoms with E-state index in [9.17, 15) is 4.79 Å². The molecule has 1 heterocycles. The largest absolute Gasteiger partial charge is 0.395 e. The van der Waals surface area contributed by atoms with E-state index in [4.69, 9.17) is 5.11 Å². The van der Waals surface area contributed by atoms with E-state index in [-0.39, 0.29) is 12.5 Å². The highest BCUT2D eigenvalue weighted by Crippen LogP contribution is 2.24. The van der Waals surface area contributed by atoms with Crippen molar-refractivity contribution >= 4 is 17.2 Å². The van der Waals surface area contributed by atoms with Gasteiger partial charge in [-0.3, -0.25) is 4.79 Å². The second-order valence-corrected chi connectivity index (χ2v) is 5.46. The van der Waals surface area contributed by atoms with Gasteiger partial charge in [0.05, 0.1) is 11.5 Å². The van der Waals surface area contributed by atoms with Crippen LogP contribution in [0.5, 0.6) is 0 Å². The molecular formula is C14H21NO2S. The molecular weight excluding hydrogens is 246 g/mol. The predicted octanol–water partition coefficient (Wildman–Crippen LogP) is 2.63. The number of carbonyl (C=O) groups is 1. The van der Waals surface area contributed by atoms with Crippen LogP contribution in [0.2, 0.25) is 0 Å². The molecule has 1 aromatic rings. The van der Waals surface area contributed by atoms with Crippen molar-refractivity contribution in [3.63, 3.8) is 0 Å². The van der Waals surface area contributed by atoms with Crippen LogP contribution in [0.4, 0.5) is 0 Å². The molecule has 0 unspecified atom stereocenters. The van der Waals surface area contributed by atoms with Gasteiger partial charge in [0, 0.05) is 18.0 Å². The number of nitrogens with zero attached hydrogens (tertiary/aromatic N) is 1. The summed E-state index contributed by atoms with van der Waals surface area (Å²) in [4.78, 5) is 15.9. The zero-order chi connectivity index (χ0) is 13.5. The van der Waals surface area contributed by atoms with Gasteiger partial charge in [0.2, 0.25) is 0 Å². The van der Waals surface area contributed by atoms with Crippen LogP contribution in [0.3, 0.4) is 0 Å². The fraction of sp³-hybridized carbons (Fsp3) is 0.500. The van der Waals surface area contributed by atoms with Gasteiger partial charge in [0.15, 0.2) is 0 Å². The first-order valence-electron chi connectivity index (χ1n) is 6.24. The molecule has 1 N–H and O–H groups in total. The van der Waals surface area contributed by atoms with Gasteiger partial charge in [-0.25, -0.2) is 0 Å². The summed E-state index contributed by atoms with van der Waals surface area (Å²) in [5, 5.41) is 8.98. The molecule has 0 bridgehead atoms. The molecule has 0 saturated carbocycles. The maximum atomic E-state index is 12.3.